The van der Waals surface area contributed by atoms with Gasteiger partial charge in [-0.05, 0) is 32.3 Å². The molecule has 1 heterocycles. The van der Waals surface area contributed by atoms with Gasteiger partial charge in [0.05, 0.1) is 5.60 Å². The molecular formula is C15H18O2. The lowest BCUT2D eigenvalue weighted by Crippen LogP contribution is -2.43. The van der Waals surface area contributed by atoms with Gasteiger partial charge in [-0.3, -0.25) is 4.79 Å². The van der Waals surface area contributed by atoms with Crippen LogP contribution in [0.1, 0.15) is 49.0 Å². The molecule has 2 heteroatoms. The van der Waals surface area contributed by atoms with Crippen molar-refractivity contribution in [1.82, 2.24) is 0 Å². The summed E-state index contributed by atoms with van der Waals surface area (Å²) in [4.78, 5) is 12.1. The van der Waals surface area contributed by atoms with Gasteiger partial charge >= 0.3 is 0 Å². The van der Waals surface area contributed by atoms with E-state index in [2.05, 4.69) is 19.9 Å². The van der Waals surface area contributed by atoms with Crippen LogP contribution in [0.15, 0.2) is 24.3 Å². The molecule has 0 bridgehead atoms. The topological polar surface area (TPSA) is 26.3 Å². The average Bonchev–Trinajstić information content (AvgIpc) is 2.51. The van der Waals surface area contributed by atoms with Crippen LogP contribution in [0, 0.1) is 0 Å². The maximum absolute atomic E-state index is 12.1. The average molecular weight is 230 g/mol. The summed E-state index contributed by atoms with van der Waals surface area (Å²) in [6.45, 7) is 5.01. The van der Waals surface area contributed by atoms with Crippen LogP contribution in [0.3, 0.4) is 0 Å². The molecule has 0 aromatic heterocycles. The molecule has 0 saturated carbocycles. The SMILES string of the molecule is CC1(C)C[C@]2(CCO1)CC(=O)c1ccccc12. The van der Waals surface area contributed by atoms with Crippen LogP contribution in [0.25, 0.3) is 0 Å². The summed E-state index contributed by atoms with van der Waals surface area (Å²) in [7, 11) is 0. The first-order valence-corrected chi connectivity index (χ1v) is 6.29. The van der Waals surface area contributed by atoms with E-state index in [1.54, 1.807) is 0 Å². The van der Waals surface area contributed by atoms with Crippen molar-refractivity contribution in [2.24, 2.45) is 0 Å². The molecule has 0 radical (unpaired) electrons. The Kier molecular flexibility index (Phi) is 2.21. The Bertz CT molecular complexity index is 476. The van der Waals surface area contributed by atoms with Crippen molar-refractivity contribution in [1.29, 1.82) is 0 Å². The third kappa shape index (κ3) is 1.62. The predicted molar refractivity (Wildman–Crippen MR) is 66.3 cm³/mol. The second kappa shape index (κ2) is 3.42. The minimum atomic E-state index is -0.115. The number of benzene rings is 1. The number of carbonyl (C=O) groups is 1. The van der Waals surface area contributed by atoms with E-state index < -0.39 is 0 Å². The summed E-state index contributed by atoms with van der Waals surface area (Å²) in [5.74, 6) is 0.304. The molecular weight excluding hydrogens is 212 g/mol. The molecule has 17 heavy (non-hydrogen) atoms. The molecule has 0 N–H and O–H groups in total. The molecule has 1 fully saturated rings. The Morgan fingerprint density at radius 2 is 2.00 bits per heavy atom. The van der Waals surface area contributed by atoms with E-state index in [4.69, 9.17) is 4.74 Å². The molecule has 90 valence electrons. The lowest BCUT2D eigenvalue weighted by Gasteiger charge is -2.43. The molecule has 1 aliphatic heterocycles. The van der Waals surface area contributed by atoms with Crippen molar-refractivity contribution in [3.05, 3.63) is 35.4 Å². The van der Waals surface area contributed by atoms with E-state index in [9.17, 15) is 4.79 Å². The zero-order valence-electron chi connectivity index (χ0n) is 10.5. The molecule has 1 spiro atoms. The quantitative estimate of drug-likeness (QED) is 0.684. The van der Waals surface area contributed by atoms with Crippen molar-refractivity contribution in [3.63, 3.8) is 0 Å². The molecule has 2 nitrogen and oxygen atoms in total. The fourth-order valence-corrected chi connectivity index (χ4v) is 3.54. The number of ether oxygens (including phenoxy) is 1. The van der Waals surface area contributed by atoms with Gasteiger partial charge in [-0.25, -0.2) is 0 Å². The molecule has 1 aromatic carbocycles. The van der Waals surface area contributed by atoms with Crippen molar-refractivity contribution in [3.8, 4) is 0 Å². The highest BCUT2D eigenvalue weighted by atomic mass is 16.5. The van der Waals surface area contributed by atoms with Crippen LogP contribution in [0.2, 0.25) is 0 Å². The van der Waals surface area contributed by atoms with Crippen molar-refractivity contribution >= 4 is 5.78 Å². The van der Waals surface area contributed by atoms with Crippen LogP contribution in [-0.2, 0) is 10.2 Å². The smallest absolute Gasteiger partial charge is 0.164 e. The molecule has 0 unspecified atom stereocenters. The summed E-state index contributed by atoms with van der Waals surface area (Å²) in [6, 6.07) is 8.10. The molecule has 1 aromatic rings. The second-order valence-electron chi connectivity index (χ2n) is 5.96. The fourth-order valence-electron chi connectivity index (χ4n) is 3.54. The molecule has 3 rings (SSSR count). The Hall–Kier alpha value is -1.15. The van der Waals surface area contributed by atoms with Crippen LogP contribution < -0.4 is 0 Å². The van der Waals surface area contributed by atoms with Gasteiger partial charge in [0, 0.05) is 24.0 Å². The second-order valence-corrected chi connectivity index (χ2v) is 5.96. The van der Waals surface area contributed by atoms with Crippen molar-refractivity contribution in [2.75, 3.05) is 6.61 Å². The molecule has 1 saturated heterocycles. The van der Waals surface area contributed by atoms with Gasteiger partial charge in [0.1, 0.15) is 0 Å². The number of hydrogen-bond acceptors (Lipinski definition) is 2. The van der Waals surface area contributed by atoms with Crippen molar-refractivity contribution in [2.45, 2.75) is 44.1 Å². The fraction of sp³-hybridized carbons (Fsp3) is 0.533. The summed E-state index contributed by atoms with van der Waals surface area (Å²) in [5, 5.41) is 0. The standard InChI is InChI=1S/C15H18O2/c1-14(2)10-15(7-8-17-14)9-13(16)11-5-3-4-6-12(11)15/h3-6H,7-10H2,1-2H3/t15-/m0/s1. The van der Waals surface area contributed by atoms with Crippen LogP contribution >= 0.6 is 0 Å². The Balaban J connectivity index is 2.08. The lowest BCUT2D eigenvalue weighted by atomic mass is 9.70. The third-order valence-corrected chi connectivity index (χ3v) is 4.14. The van der Waals surface area contributed by atoms with Gasteiger partial charge in [0.2, 0.25) is 0 Å². The van der Waals surface area contributed by atoms with E-state index in [1.165, 1.54) is 5.56 Å². The molecule has 1 aliphatic carbocycles. The van der Waals surface area contributed by atoms with Crippen LogP contribution in [-0.4, -0.2) is 18.0 Å². The van der Waals surface area contributed by atoms with E-state index in [1.807, 2.05) is 18.2 Å². The number of Topliss-reactive ketones (excluding diaryl/α,β-unsaturated/α-hetero) is 1. The number of hydrogen-bond donors (Lipinski definition) is 0. The number of fused-ring (bicyclic) bond motifs is 2. The van der Waals surface area contributed by atoms with Gasteiger partial charge < -0.3 is 4.74 Å². The van der Waals surface area contributed by atoms with Gasteiger partial charge in [-0.1, -0.05) is 24.3 Å². The minimum absolute atomic E-state index is 0.0371. The normalized spacial score (nSPS) is 30.6. The summed E-state index contributed by atoms with van der Waals surface area (Å²) >= 11 is 0. The molecule has 1 atom stereocenters. The Labute approximate surface area is 102 Å². The largest absolute Gasteiger partial charge is 0.376 e. The summed E-state index contributed by atoms with van der Waals surface area (Å²) < 4.78 is 5.79. The van der Waals surface area contributed by atoms with Gasteiger partial charge in [0.15, 0.2) is 5.78 Å². The highest BCUT2D eigenvalue weighted by Gasteiger charge is 2.48. The van der Waals surface area contributed by atoms with E-state index in [-0.39, 0.29) is 11.0 Å². The lowest BCUT2D eigenvalue weighted by molar-refractivity contribution is -0.0809. The van der Waals surface area contributed by atoms with Gasteiger partial charge in [-0.15, -0.1) is 0 Å². The zero-order valence-corrected chi connectivity index (χ0v) is 10.5. The zero-order chi connectivity index (χ0) is 12.1. The van der Waals surface area contributed by atoms with E-state index >= 15 is 0 Å². The molecule has 0 amide bonds. The highest BCUT2D eigenvalue weighted by Crippen LogP contribution is 2.49. The molecule has 2 aliphatic rings. The minimum Gasteiger partial charge on any atom is -0.376 e. The maximum atomic E-state index is 12.1. The number of ketones is 1. The van der Waals surface area contributed by atoms with E-state index in [0.29, 0.717) is 12.2 Å². The number of carbonyl (C=O) groups excluding carboxylic acids is 1. The van der Waals surface area contributed by atoms with E-state index in [0.717, 1.165) is 25.0 Å². The number of rotatable bonds is 0. The van der Waals surface area contributed by atoms with Crippen molar-refractivity contribution < 1.29 is 9.53 Å². The summed E-state index contributed by atoms with van der Waals surface area (Å²) in [5.41, 5.74) is 2.11. The third-order valence-electron chi connectivity index (χ3n) is 4.14. The Morgan fingerprint density at radius 3 is 2.76 bits per heavy atom. The summed E-state index contributed by atoms with van der Waals surface area (Å²) in [6.07, 6.45) is 2.58. The monoisotopic (exact) mass is 230 g/mol. The predicted octanol–water partition coefficient (Wildman–Crippen LogP) is 3.10. The van der Waals surface area contributed by atoms with Gasteiger partial charge in [-0.2, -0.15) is 0 Å². The van der Waals surface area contributed by atoms with Gasteiger partial charge in [0.25, 0.3) is 0 Å². The maximum Gasteiger partial charge on any atom is 0.164 e. The first-order chi connectivity index (χ1) is 8.03. The first-order valence-electron chi connectivity index (χ1n) is 6.29. The Morgan fingerprint density at radius 1 is 1.24 bits per heavy atom. The first kappa shape index (κ1) is 11.0. The highest BCUT2D eigenvalue weighted by molar-refractivity contribution is 6.02. The van der Waals surface area contributed by atoms with Crippen LogP contribution in [0.5, 0.6) is 0 Å². The van der Waals surface area contributed by atoms with Crippen LogP contribution in [0.4, 0.5) is 0 Å².